The van der Waals surface area contributed by atoms with E-state index in [1.165, 1.54) is 12.0 Å². The Hall–Kier alpha value is -2.91. The Morgan fingerprint density at radius 2 is 2.00 bits per heavy atom. The van der Waals surface area contributed by atoms with E-state index in [-0.39, 0.29) is 49.4 Å². The van der Waals surface area contributed by atoms with Gasteiger partial charge in [0.25, 0.3) is 5.91 Å². The van der Waals surface area contributed by atoms with E-state index in [4.69, 9.17) is 9.84 Å². The summed E-state index contributed by atoms with van der Waals surface area (Å²) in [6.07, 6.45) is 0. The quantitative estimate of drug-likeness (QED) is 0.560. The third-order valence-corrected chi connectivity index (χ3v) is 4.84. The van der Waals surface area contributed by atoms with Crippen molar-refractivity contribution in [2.75, 3.05) is 38.7 Å². The summed E-state index contributed by atoms with van der Waals surface area (Å²) in [6.45, 7) is 4.55. The summed E-state index contributed by atoms with van der Waals surface area (Å²) in [5, 5.41) is 21.6. The molecule has 3 N–H and O–H groups in total. The van der Waals surface area contributed by atoms with Gasteiger partial charge >= 0.3 is 5.97 Å². The molecule has 2 aromatic rings. The van der Waals surface area contributed by atoms with Crippen LogP contribution in [0.2, 0.25) is 0 Å². The Bertz CT molecular complexity index is 963. The number of imidazole rings is 1. The zero-order valence-corrected chi connectivity index (χ0v) is 16.8. The summed E-state index contributed by atoms with van der Waals surface area (Å²) in [5.41, 5.74) is 2.58. The number of amides is 1. The number of aliphatic hydroxyl groups is 2. The molecule has 0 fully saturated rings. The molecule has 29 heavy (non-hydrogen) atoms. The minimum Gasteiger partial charge on any atom is -0.466 e. The molecule has 0 radical (unpaired) electrons. The summed E-state index contributed by atoms with van der Waals surface area (Å²) in [7, 11) is 1.26. The molecule has 1 amide bonds. The van der Waals surface area contributed by atoms with Gasteiger partial charge in [-0.25, -0.2) is 9.78 Å². The number of carbonyl (C=O) groups is 2. The first-order valence-corrected chi connectivity index (χ1v) is 9.50. The number of fused-ring (bicyclic) bond motifs is 1. The van der Waals surface area contributed by atoms with Gasteiger partial charge in [0, 0.05) is 24.7 Å². The Morgan fingerprint density at radius 1 is 1.28 bits per heavy atom. The lowest BCUT2D eigenvalue weighted by atomic mass is 10.2. The number of aromatic nitrogens is 2. The van der Waals surface area contributed by atoms with Crippen LogP contribution in [0.3, 0.4) is 0 Å². The Kier molecular flexibility index (Phi) is 6.19. The zero-order chi connectivity index (χ0) is 21.1. The van der Waals surface area contributed by atoms with E-state index < -0.39 is 5.97 Å². The van der Waals surface area contributed by atoms with Gasteiger partial charge in [-0.2, -0.15) is 0 Å². The maximum Gasteiger partial charge on any atom is 0.337 e. The molecule has 9 nitrogen and oxygen atoms in total. The van der Waals surface area contributed by atoms with Crippen molar-refractivity contribution in [2.24, 2.45) is 0 Å². The van der Waals surface area contributed by atoms with Gasteiger partial charge in [-0.15, -0.1) is 0 Å². The van der Waals surface area contributed by atoms with Crippen molar-refractivity contribution in [1.29, 1.82) is 0 Å². The fraction of sp³-hybridized carbons (Fsp3) is 0.450. The SMILES string of the molecule is COC(=O)C1=C(Nc2ccc3c(c2)nc(C(C)C)n3CCO)C(=O)N(CCO)C1. The number of carbonyl (C=O) groups excluding carboxylic acids is 2. The first kappa shape index (κ1) is 20.8. The number of aliphatic hydroxyl groups excluding tert-OH is 2. The lowest BCUT2D eigenvalue weighted by Crippen LogP contribution is -2.31. The second kappa shape index (κ2) is 8.62. The molecule has 0 unspecified atom stereocenters. The molecule has 9 heteroatoms. The van der Waals surface area contributed by atoms with E-state index in [2.05, 4.69) is 10.3 Å². The van der Waals surface area contributed by atoms with Crippen molar-refractivity contribution in [2.45, 2.75) is 26.3 Å². The van der Waals surface area contributed by atoms with Gasteiger partial charge in [-0.3, -0.25) is 4.79 Å². The van der Waals surface area contributed by atoms with Gasteiger partial charge in [-0.05, 0) is 18.2 Å². The molecule has 156 valence electrons. The van der Waals surface area contributed by atoms with E-state index in [0.29, 0.717) is 12.2 Å². The van der Waals surface area contributed by atoms with Crippen LogP contribution in [0.5, 0.6) is 0 Å². The molecular formula is C20H26N4O5. The van der Waals surface area contributed by atoms with Crippen LogP contribution in [0.4, 0.5) is 5.69 Å². The predicted molar refractivity (Wildman–Crippen MR) is 107 cm³/mol. The van der Waals surface area contributed by atoms with E-state index >= 15 is 0 Å². The molecule has 0 saturated heterocycles. The van der Waals surface area contributed by atoms with Gasteiger partial charge in [0.1, 0.15) is 11.5 Å². The van der Waals surface area contributed by atoms with Crippen LogP contribution in [0.25, 0.3) is 11.0 Å². The lowest BCUT2D eigenvalue weighted by molar-refractivity contribution is -0.136. The second-order valence-electron chi connectivity index (χ2n) is 7.12. The number of hydrogen-bond donors (Lipinski definition) is 3. The van der Waals surface area contributed by atoms with Gasteiger partial charge in [0.2, 0.25) is 0 Å². The molecular weight excluding hydrogens is 376 g/mol. The predicted octanol–water partition coefficient (Wildman–Crippen LogP) is 0.825. The van der Waals surface area contributed by atoms with E-state index in [9.17, 15) is 14.7 Å². The molecule has 0 saturated carbocycles. The number of methoxy groups -OCH3 is 1. The molecule has 1 aromatic carbocycles. The normalized spacial score (nSPS) is 14.4. The minimum absolute atomic E-state index is 0.00967. The van der Waals surface area contributed by atoms with Crippen molar-refractivity contribution >= 4 is 28.6 Å². The van der Waals surface area contributed by atoms with Crippen molar-refractivity contribution in [3.05, 3.63) is 35.3 Å². The van der Waals surface area contributed by atoms with Crippen LogP contribution in [-0.4, -0.2) is 70.0 Å². The first-order chi connectivity index (χ1) is 13.9. The second-order valence-corrected chi connectivity index (χ2v) is 7.12. The number of β-amino-alcohol motifs (C(OH)–C–C–N with tert-alkyl or cyclic N) is 1. The monoisotopic (exact) mass is 402 g/mol. The van der Waals surface area contributed by atoms with Crippen LogP contribution in [-0.2, 0) is 20.9 Å². The van der Waals surface area contributed by atoms with Crippen molar-refractivity contribution < 1.29 is 24.5 Å². The molecule has 1 aromatic heterocycles. The lowest BCUT2D eigenvalue weighted by Gasteiger charge is -2.15. The van der Waals surface area contributed by atoms with Gasteiger partial charge in [0.05, 0.1) is 43.5 Å². The third kappa shape index (κ3) is 3.96. The highest BCUT2D eigenvalue weighted by atomic mass is 16.5. The number of benzene rings is 1. The van der Waals surface area contributed by atoms with Crippen LogP contribution in [0.15, 0.2) is 29.5 Å². The largest absolute Gasteiger partial charge is 0.466 e. The summed E-state index contributed by atoms with van der Waals surface area (Å²) < 4.78 is 6.78. The van der Waals surface area contributed by atoms with Crippen LogP contribution in [0.1, 0.15) is 25.6 Å². The molecule has 3 rings (SSSR count). The number of nitrogens with zero attached hydrogens (tertiary/aromatic N) is 3. The molecule has 0 atom stereocenters. The van der Waals surface area contributed by atoms with Crippen LogP contribution < -0.4 is 5.32 Å². The fourth-order valence-electron chi connectivity index (χ4n) is 3.50. The van der Waals surface area contributed by atoms with Crippen molar-refractivity contribution in [1.82, 2.24) is 14.5 Å². The molecule has 0 spiro atoms. The summed E-state index contributed by atoms with van der Waals surface area (Å²) >= 11 is 0. The molecule has 2 heterocycles. The van der Waals surface area contributed by atoms with E-state index in [1.807, 2.05) is 24.5 Å². The van der Waals surface area contributed by atoms with Gasteiger partial charge in [-0.1, -0.05) is 13.8 Å². The van der Waals surface area contributed by atoms with Gasteiger partial charge < -0.3 is 29.7 Å². The zero-order valence-electron chi connectivity index (χ0n) is 16.8. The number of nitrogens with one attached hydrogen (secondary N) is 1. The third-order valence-electron chi connectivity index (χ3n) is 4.84. The molecule has 1 aliphatic heterocycles. The summed E-state index contributed by atoms with van der Waals surface area (Å²) in [5.74, 6) is 0.0964. The fourth-order valence-corrected chi connectivity index (χ4v) is 3.50. The van der Waals surface area contributed by atoms with Crippen LogP contribution in [0, 0.1) is 0 Å². The summed E-state index contributed by atoms with van der Waals surface area (Å²) in [4.78, 5) is 30.8. The number of ether oxygens (including phenoxy) is 1. The Balaban J connectivity index is 1.97. The number of anilines is 1. The Labute approximate surface area is 168 Å². The van der Waals surface area contributed by atoms with Crippen molar-refractivity contribution in [3.8, 4) is 0 Å². The molecule has 0 bridgehead atoms. The molecule has 0 aliphatic carbocycles. The highest BCUT2D eigenvalue weighted by Gasteiger charge is 2.34. The highest BCUT2D eigenvalue weighted by molar-refractivity contribution is 6.08. The smallest absolute Gasteiger partial charge is 0.337 e. The highest BCUT2D eigenvalue weighted by Crippen LogP contribution is 2.27. The first-order valence-electron chi connectivity index (χ1n) is 9.50. The number of rotatable bonds is 8. The Morgan fingerprint density at radius 3 is 2.62 bits per heavy atom. The average Bonchev–Trinajstić information content (AvgIpc) is 3.21. The number of hydrogen-bond acceptors (Lipinski definition) is 7. The van der Waals surface area contributed by atoms with Gasteiger partial charge in [0.15, 0.2) is 0 Å². The maximum absolute atomic E-state index is 12.7. The average molecular weight is 402 g/mol. The van der Waals surface area contributed by atoms with E-state index in [1.54, 1.807) is 12.1 Å². The van der Waals surface area contributed by atoms with E-state index in [0.717, 1.165) is 16.9 Å². The maximum atomic E-state index is 12.7. The molecule has 1 aliphatic rings. The summed E-state index contributed by atoms with van der Waals surface area (Å²) in [6, 6.07) is 5.47. The minimum atomic E-state index is -0.586. The standard InChI is InChI=1S/C20H26N4O5/c1-12(2)18-22-15-10-13(4-5-16(15)24(18)7-9-26)21-17-14(20(28)29-3)11-23(6-8-25)19(17)27/h4-5,10,12,21,25-26H,6-9,11H2,1-3H3. The number of esters is 1. The topological polar surface area (TPSA) is 117 Å². The van der Waals surface area contributed by atoms with Crippen molar-refractivity contribution in [3.63, 3.8) is 0 Å². The van der Waals surface area contributed by atoms with Crippen LogP contribution >= 0.6 is 0 Å².